The lowest BCUT2D eigenvalue weighted by Crippen LogP contribution is -2.27. The number of amides is 1. The summed E-state index contributed by atoms with van der Waals surface area (Å²) in [7, 11) is 0. The van der Waals surface area contributed by atoms with Crippen LogP contribution in [0.4, 0.5) is 0 Å². The fourth-order valence-electron chi connectivity index (χ4n) is 3.05. The van der Waals surface area contributed by atoms with E-state index in [1.807, 2.05) is 66.7 Å². The van der Waals surface area contributed by atoms with Crippen LogP contribution in [0.2, 0.25) is 10.0 Å². The minimum Gasteiger partial charge on any atom is -0.489 e. The summed E-state index contributed by atoms with van der Waals surface area (Å²) in [6, 6.07) is 22.7. The largest absolute Gasteiger partial charge is 0.489 e. The van der Waals surface area contributed by atoms with Crippen molar-refractivity contribution < 1.29 is 9.53 Å². The molecule has 0 spiro atoms. The predicted octanol–water partition coefficient (Wildman–Crippen LogP) is 6.97. The van der Waals surface area contributed by atoms with Crippen LogP contribution in [0.25, 0.3) is 6.08 Å². The standard InChI is InChI=1S/C24H17Cl2NO2S2/c25-19-10-9-18(21(26)13-19)15-29-20-8-4-7-17(11-20)12-22-23(28)27(24(30)31-22)14-16-5-2-1-3-6-16/h1-13H,14-15H2. The summed E-state index contributed by atoms with van der Waals surface area (Å²) in [5, 5.41) is 1.14. The Morgan fingerprint density at radius 1 is 1.00 bits per heavy atom. The minimum atomic E-state index is -0.0851. The lowest BCUT2D eigenvalue weighted by molar-refractivity contribution is -0.122. The fraction of sp³-hybridized carbons (Fsp3) is 0.0833. The highest BCUT2D eigenvalue weighted by molar-refractivity contribution is 8.26. The molecule has 0 aromatic heterocycles. The number of hydrogen-bond donors (Lipinski definition) is 0. The van der Waals surface area contributed by atoms with E-state index in [0.29, 0.717) is 38.2 Å². The maximum Gasteiger partial charge on any atom is 0.266 e. The van der Waals surface area contributed by atoms with Crippen molar-refractivity contribution in [2.24, 2.45) is 0 Å². The molecule has 7 heteroatoms. The molecule has 0 N–H and O–H groups in total. The van der Waals surface area contributed by atoms with Gasteiger partial charge in [0.05, 0.1) is 11.4 Å². The maximum atomic E-state index is 12.9. The first-order valence-corrected chi connectivity index (χ1v) is 11.4. The van der Waals surface area contributed by atoms with E-state index >= 15 is 0 Å². The monoisotopic (exact) mass is 485 g/mol. The van der Waals surface area contributed by atoms with Crippen LogP contribution in [-0.4, -0.2) is 15.1 Å². The van der Waals surface area contributed by atoms with Crippen LogP contribution >= 0.6 is 47.2 Å². The van der Waals surface area contributed by atoms with Crippen LogP contribution in [0.5, 0.6) is 5.75 Å². The lowest BCUT2D eigenvalue weighted by Gasteiger charge is -2.14. The molecule has 3 nitrogen and oxygen atoms in total. The Balaban J connectivity index is 1.46. The van der Waals surface area contributed by atoms with E-state index in [1.165, 1.54) is 11.8 Å². The zero-order valence-corrected chi connectivity index (χ0v) is 19.4. The lowest BCUT2D eigenvalue weighted by atomic mass is 10.2. The predicted molar refractivity (Wildman–Crippen MR) is 132 cm³/mol. The van der Waals surface area contributed by atoms with E-state index in [9.17, 15) is 4.79 Å². The van der Waals surface area contributed by atoms with Gasteiger partial charge in [-0.05, 0) is 41.5 Å². The van der Waals surface area contributed by atoms with Crippen molar-refractivity contribution in [2.45, 2.75) is 13.2 Å². The van der Waals surface area contributed by atoms with Gasteiger partial charge in [0.15, 0.2) is 0 Å². The Morgan fingerprint density at radius 2 is 1.81 bits per heavy atom. The molecule has 3 aromatic rings. The number of benzene rings is 3. The highest BCUT2D eigenvalue weighted by Crippen LogP contribution is 2.34. The van der Waals surface area contributed by atoms with Gasteiger partial charge in [0.25, 0.3) is 5.91 Å². The first-order chi connectivity index (χ1) is 15.0. The Labute approximate surface area is 200 Å². The van der Waals surface area contributed by atoms with Crippen LogP contribution in [0.1, 0.15) is 16.7 Å². The summed E-state index contributed by atoms with van der Waals surface area (Å²) in [5.74, 6) is 0.595. The molecule has 1 aliphatic rings. The number of thiocarbonyl (C=S) groups is 1. The molecule has 1 fully saturated rings. The molecule has 1 aliphatic heterocycles. The summed E-state index contributed by atoms with van der Waals surface area (Å²) in [6.07, 6.45) is 1.84. The third kappa shape index (κ3) is 5.49. The first kappa shape index (κ1) is 21.9. The zero-order valence-electron chi connectivity index (χ0n) is 16.3. The van der Waals surface area contributed by atoms with Gasteiger partial charge in [-0.2, -0.15) is 0 Å². The Kier molecular flexibility index (Phi) is 6.98. The van der Waals surface area contributed by atoms with Gasteiger partial charge >= 0.3 is 0 Å². The number of halogens is 2. The molecule has 1 heterocycles. The Morgan fingerprint density at radius 3 is 2.58 bits per heavy atom. The second-order valence-corrected chi connectivity index (χ2v) is 9.37. The van der Waals surface area contributed by atoms with Crippen molar-refractivity contribution in [3.63, 3.8) is 0 Å². The molecule has 0 saturated carbocycles. The van der Waals surface area contributed by atoms with Gasteiger partial charge in [-0.25, -0.2) is 0 Å². The van der Waals surface area contributed by atoms with Gasteiger partial charge in [0.2, 0.25) is 0 Å². The van der Waals surface area contributed by atoms with E-state index in [1.54, 1.807) is 17.0 Å². The number of carbonyl (C=O) groups is 1. The highest BCUT2D eigenvalue weighted by atomic mass is 35.5. The van der Waals surface area contributed by atoms with Crippen LogP contribution in [0, 0.1) is 0 Å². The maximum absolute atomic E-state index is 12.9. The van der Waals surface area contributed by atoms with E-state index in [0.717, 1.165) is 16.7 Å². The molecule has 31 heavy (non-hydrogen) atoms. The molecular formula is C24H17Cl2NO2S2. The minimum absolute atomic E-state index is 0.0851. The molecule has 1 saturated heterocycles. The summed E-state index contributed by atoms with van der Waals surface area (Å²) in [6.45, 7) is 0.784. The van der Waals surface area contributed by atoms with E-state index in [2.05, 4.69) is 0 Å². The van der Waals surface area contributed by atoms with Crippen molar-refractivity contribution in [2.75, 3.05) is 0 Å². The molecule has 4 rings (SSSR count). The van der Waals surface area contributed by atoms with Gasteiger partial charge in [-0.15, -0.1) is 0 Å². The smallest absolute Gasteiger partial charge is 0.266 e. The third-order valence-corrected chi connectivity index (χ3v) is 6.59. The molecular weight excluding hydrogens is 469 g/mol. The van der Waals surface area contributed by atoms with Crippen LogP contribution < -0.4 is 4.74 Å². The normalized spacial score (nSPS) is 15.0. The van der Waals surface area contributed by atoms with Crippen molar-refractivity contribution in [3.8, 4) is 5.75 Å². The molecule has 0 unspecified atom stereocenters. The molecule has 3 aromatic carbocycles. The van der Waals surface area contributed by atoms with E-state index in [-0.39, 0.29) is 5.91 Å². The fourth-order valence-corrected chi connectivity index (χ4v) is 4.77. The third-order valence-electron chi connectivity index (χ3n) is 4.62. The van der Waals surface area contributed by atoms with Gasteiger partial charge in [-0.3, -0.25) is 9.69 Å². The highest BCUT2D eigenvalue weighted by Gasteiger charge is 2.31. The molecule has 1 amide bonds. The zero-order chi connectivity index (χ0) is 21.8. The molecule has 0 radical (unpaired) electrons. The molecule has 0 bridgehead atoms. The topological polar surface area (TPSA) is 29.5 Å². The number of ether oxygens (including phenoxy) is 1. The van der Waals surface area contributed by atoms with Gasteiger partial charge in [0, 0.05) is 15.6 Å². The summed E-state index contributed by atoms with van der Waals surface area (Å²) < 4.78 is 6.44. The number of carbonyl (C=O) groups excluding carboxylic acids is 1. The van der Waals surface area contributed by atoms with Crippen LogP contribution in [0.15, 0.2) is 77.7 Å². The van der Waals surface area contributed by atoms with Gasteiger partial charge in [-0.1, -0.05) is 95.7 Å². The van der Waals surface area contributed by atoms with Crippen molar-refractivity contribution in [1.29, 1.82) is 0 Å². The van der Waals surface area contributed by atoms with Gasteiger partial charge < -0.3 is 4.74 Å². The van der Waals surface area contributed by atoms with Crippen molar-refractivity contribution >= 4 is 63.5 Å². The summed E-state index contributed by atoms with van der Waals surface area (Å²) >= 11 is 18.9. The SMILES string of the molecule is O=C1C(=Cc2cccc(OCc3ccc(Cl)cc3Cl)c2)SC(=S)N1Cc1ccccc1. The number of thioether (sulfide) groups is 1. The average molecular weight is 486 g/mol. The second-order valence-electron chi connectivity index (χ2n) is 6.85. The first-order valence-electron chi connectivity index (χ1n) is 9.46. The number of rotatable bonds is 6. The van der Waals surface area contributed by atoms with Crippen molar-refractivity contribution in [1.82, 2.24) is 4.90 Å². The summed E-state index contributed by atoms with van der Waals surface area (Å²) in [4.78, 5) is 15.1. The average Bonchev–Trinajstić information content (AvgIpc) is 3.01. The quantitative estimate of drug-likeness (QED) is 0.278. The summed E-state index contributed by atoms with van der Waals surface area (Å²) in [5.41, 5.74) is 2.74. The van der Waals surface area contributed by atoms with E-state index < -0.39 is 0 Å². The molecule has 0 atom stereocenters. The van der Waals surface area contributed by atoms with E-state index in [4.69, 9.17) is 40.2 Å². The Bertz CT molecular complexity index is 1170. The molecule has 156 valence electrons. The Hall–Kier alpha value is -2.31. The van der Waals surface area contributed by atoms with Crippen molar-refractivity contribution in [3.05, 3.63) is 104 Å². The van der Waals surface area contributed by atoms with Gasteiger partial charge in [0.1, 0.15) is 16.7 Å². The van der Waals surface area contributed by atoms with Crippen LogP contribution in [0.3, 0.4) is 0 Å². The number of hydrogen-bond acceptors (Lipinski definition) is 4. The number of nitrogens with zero attached hydrogens (tertiary/aromatic N) is 1. The second kappa shape index (κ2) is 9.88. The molecule has 0 aliphatic carbocycles. The van der Waals surface area contributed by atoms with Crippen LogP contribution in [-0.2, 0) is 17.9 Å².